The molecule has 1 aromatic carbocycles. The number of carbonyl (C=O) groups is 1. The normalized spacial score (nSPS) is 27.0. The van der Waals surface area contributed by atoms with Crippen molar-refractivity contribution in [1.82, 2.24) is 0 Å². The summed E-state index contributed by atoms with van der Waals surface area (Å²) in [6.45, 7) is 7.02. The molecule has 3 atom stereocenters. The first-order chi connectivity index (χ1) is 9.11. The van der Waals surface area contributed by atoms with Crippen LogP contribution in [0.3, 0.4) is 0 Å². The Morgan fingerprint density at radius 2 is 2.16 bits per heavy atom. The maximum absolute atomic E-state index is 12.5. The first-order valence-electron chi connectivity index (χ1n) is 6.66. The summed E-state index contributed by atoms with van der Waals surface area (Å²) in [7, 11) is 0. The lowest BCUT2D eigenvalue weighted by Gasteiger charge is -2.30. The largest absolute Gasteiger partial charge is 0.494 e. The van der Waals surface area contributed by atoms with Gasteiger partial charge in [-0.05, 0) is 19.1 Å². The van der Waals surface area contributed by atoms with Gasteiger partial charge in [-0.3, -0.25) is 4.79 Å². The summed E-state index contributed by atoms with van der Waals surface area (Å²) in [4.78, 5) is 12.5. The molecule has 1 aromatic rings. The predicted molar refractivity (Wildman–Crippen MR) is 84.7 cm³/mol. The summed E-state index contributed by atoms with van der Waals surface area (Å²) in [5.41, 5.74) is 0.769. The van der Waals surface area contributed by atoms with Gasteiger partial charge in [-0.2, -0.15) is 11.8 Å². The molecule has 0 amide bonds. The number of hydrogen-bond acceptors (Lipinski definition) is 4. The summed E-state index contributed by atoms with van der Waals surface area (Å²) in [6.07, 6.45) is 0. The van der Waals surface area contributed by atoms with Crippen LogP contribution < -0.4 is 4.74 Å². The Morgan fingerprint density at radius 3 is 2.84 bits per heavy atom. The first-order valence-corrected chi connectivity index (χ1v) is 8.65. The standard InChI is InChI=1S/C15H20O2S2/c1-4-17-13-7-5-6-12(8-13)15(16)14-9-18-10(2)11(3)19-14/h5-8,10-11,14H,4,9H2,1-3H3. The van der Waals surface area contributed by atoms with Crippen LogP contribution in [-0.2, 0) is 0 Å². The van der Waals surface area contributed by atoms with Crippen molar-refractivity contribution in [2.45, 2.75) is 36.5 Å². The molecule has 1 heterocycles. The molecule has 2 rings (SSSR count). The molecular weight excluding hydrogens is 276 g/mol. The Kier molecular flexibility index (Phi) is 5.22. The van der Waals surface area contributed by atoms with Crippen molar-refractivity contribution in [3.63, 3.8) is 0 Å². The van der Waals surface area contributed by atoms with Gasteiger partial charge in [0.1, 0.15) is 5.75 Å². The van der Waals surface area contributed by atoms with Gasteiger partial charge >= 0.3 is 0 Å². The number of benzene rings is 1. The highest BCUT2D eigenvalue weighted by Crippen LogP contribution is 2.37. The van der Waals surface area contributed by atoms with E-state index in [1.807, 2.05) is 43.0 Å². The fourth-order valence-electron chi connectivity index (χ4n) is 2.01. The third-order valence-corrected chi connectivity index (χ3v) is 6.66. The third-order valence-electron chi connectivity index (χ3n) is 3.27. The molecule has 2 nitrogen and oxygen atoms in total. The zero-order chi connectivity index (χ0) is 13.8. The van der Waals surface area contributed by atoms with E-state index < -0.39 is 0 Å². The molecule has 0 N–H and O–H groups in total. The van der Waals surface area contributed by atoms with Crippen LogP contribution in [0.25, 0.3) is 0 Å². The second kappa shape index (κ2) is 6.71. The molecule has 1 saturated heterocycles. The minimum atomic E-state index is 0.0769. The second-order valence-corrected chi connectivity index (χ2v) is 7.69. The Morgan fingerprint density at radius 1 is 1.37 bits per heavy atom. The number of ether oxygens (including phenoxy) is 1. The van der Waals surface area contributed by atoms with Gasteiger partial charge in [0.2, 0.25) is 0 Å². The van der Waals surface area contributed by atoms with E-state index in [-0.39, 0.29) is 11.0 Å². The van der Waals surface area contributed by atoms with Crippen molar-refractivity contribution >= 4 is 29.3 Å². The number of carbonyl (C=O) groups excluding carboxylic acids is 1. The van der Waals surface area contributed by atoms with Crippen molar-refractivity contribution in [1.29, 1.82) is 0 Å². The van der Waals surface area contributed by atoms with Gasteiger partial charge in [0.15, 0.2) is 5.78 Å². The predicted octanol–water partition coefficient (Wildman–Crippen LogP) is 3.89. The van der Waals surface area contributed by atoms with Crippen LogP contribution in [0.5, 0.6) is 5.75 Å². The Bertz CT molecular complexity index is 448. The molecule has 1 fully saturated rings. The molecule has 0 aliphatic carbocycles. The molecule has 0 spiro atoms. The van der Waals surface area contributed by atoms with Gasteiger partial charge in [0.05, 0.1) is 11.9 Å². The Hall–Kier alpha value is -0.610. The monoisotopic (exact) mass is 296 g/mol. The lowest BCUT2D eigenvalue weighted by atomic mass is 10.1. The topological polar surface area (TPSA) is 26.3 Å². The van der Waals surface area contributed by atoms with Crippen LogP contribution in [-0.4, -0.2) is 33.9 Å². The van der Waals surface area contributed by atoms with E-state index in [2.05, 4.69) is 13.8 Å². The highest BCUT2D eigenvalue weighted by molar-refractivity contribution is 8.08. The van der Waals surface area contributed by atoms with E-state index in [4.69, 9.17) is 4.74 Å². The molecule has 0 bridgehead atoms. The summed E-state index contributed by atoms with van der Waals surface area (Å²) >= 11 is 3.70. The molecule has 1 aliphatic heterocycles. The van der Waals surface area contributed by atoms with E-state index >= 15 is 0 Å². The first kappa shape index (κ1) is 14.8. The molecule has 1 aliphatic rings. The number of Topliss-reactive ketones (excluding diaryl/α,β-unsaturated/α-hetero) is 1. The van der Waals surface area contributed by atoms with E-state index in [0.29, 0.717) is 17.1 Å². The number of thioether (sulfide) groups is 2. The van der Waals surface area contributed by atoms with Crippen molar-refractivity contribution in [3.8, 4) is 5.75 Å². The summed E-state index contributed by atoms with van der Waals surface area (Å²) < 4.78 is 5.46. The van der Waals surface area contributed by atoms with Crippen LogP contribution in [0.1, 0.15) is 31.1 Å². The minimum absolute atomic E-state index is 0.0769. The van der Waals surface area contributed by atoms with Crippen LogP contribution in [0.2, 0.25) is 0 Å². The van der Waals surface area contributed by atoms with Gasteiger partial charge in [-0.1, -0.05) is 26.0 Å². The third kappa shape index (κ3) is 3.69. The minimum Gasteiger partial charge on any atom is -0.494 e. The van der Waals surface area contributed by atoms with Gasteiger partial charge in [0, 0.05) is 21.8 Å². The van der Waals surface area contributed by atoms with Crippen LogP contribution in [0, 0.1) is 0 Å². The molecule has 0 aromatic heterocycles. The highest BCUT2D eigenvalue weighted by atomic mass is 32.2. The molecule has 19 heavy (non-hydrogen) atoms. The highest BCUT2D eigenvalue weighted by Gasteiger charge is 2.30. The average Bonchev–Trinajstić information content (AvgIpc) is 2.42. The zero-order valence-corrected chi connectivity index (χ0v) is 13.2. The number of hydrogen-bond donors (Lipinski definition) is 0. The van der Waals surface area contributed by atoms with E-state index in [9.17, 15) is 4.79 Å². The molecular formula is C15H20O2S2. The van der Waals surface area contributed by atoms with Crippen LogP contribution in [0.4, 0.5) is 0 Å². The molecule has 0 radical (unpaired) electrons. The smallest absolute Gasteiger partial charge is 0.176 e. The lowest BCUT2D eigenvalue weighted by molar-refractivity contribution is 0.0994. The van der Waals surface area contributed by atoms with Crippen molar-refractivity contribution in [3.05, 3.63) is 29.8 Å². The fraction of sp³-hybridized carbons (Fsp3) is 0.533. The molecule has 3 unspecified atom stereocenters. The van der Waals surface area contributed by atoms with Crippen molar-refractivity contribution in [2.75, 3.05) is 12.4 Å². The zero-order valence-electron chi connectivity index (χ0n) is 11.6. The lowest BCUT2D eigenvalue weighted by Crippen LogP contribution is -2.31. The number of rotatable bonds is 4. The molecule has 4 heteroatoms. The van der Waals surface area contributed by atoms with E-state index in [0.717, 1.165) is 17.1 Å². The van der Waals surface area contributed by atoms with Gasteiger partial charge in [-0.15, -0.1) is 11.8 Å². The van der Waals surface area contributed by atoms with Crippen LogP contribution in [0.15, 0.2) is 24.3 Å². The SMILES string of the molecule is CCOc1cccc(C(=O)C2CSC(C)C(C)S2)c1. The molecule has 0 saturated carbocycles. The van der Waals surface area contributed by atoms with Gasteiger partial charge in [0.25, 0.3) is 0 Å². The summed E-state index contributed by atoms with van der Waals surface area (Å²) in [5.74, 6) is 1.93. The van der Waals surface area contributed by atoms with E-state index in [1.54, 1.807) is 11.8 Å². The van der Waals surface area contributed by atoms with Crippen LogP contribution >= 0.6 is 23.5 Å². The maximum atomic E-state index is 12.5. The quantitative estimate of drug-likeness (QED) is 0.787. The van der Waals surface area contributed by atoms with Gasteiger partial charge < -0.3 is 4.74 Å². The second-order valence-electron chi connectivity index (χ2n) is 4.69. The van der Waals surface area contributed by atoms with E-state index in [1.165, 1.54) is 0 Å². The fourth-order valence-corrected chi connectivity index (χ4v) is 4.89. The number of ketones is 1. The Labute approximate surface area is 123 Å². The average molecular weight is 296 g/mol. The summed E-state index contributed by atoms with van der Waals surface area (Å²) in [6, 6.07) is 7.54. The van der Waals surface area contributed by atoms with Gasteiger partial charge in [-0.25, -0.2) is 0 Å². The van der Waals surface area contributed by atoms with Crippen molar-refractivity contribution < 1.29 is 9.53 Å². The maximum Gasteiger partial charge on any atom is 0.176 e. The Balaban J connectivity index is 2.09. The summed E-state index contributed by atoms with van der Waals surface area (Å²) in [5, 5.41) is 1.24. The van der Waals surface area contributed by atoms with Crippen molar-refractivity contribution in [2.24, 2.45) is 0 Å². The molecule has 104 valence electrons.